The van der Waals surface area contributed by atoms with Crippen LogP contribution in [0.25, 0.3) is 0 Å². The van der Waals surface area contributed by atoms with Crippen molar-refractivity contribution < 1.29 is 14.3 Å². The van der Waals surface area contributed by atoms with Gasteiger partial charge in [0.2, 0.25) is 5.95 Å². The summed E-state index contributed by atoms with van der Waals surface area (Å²) in [7, 11) is 0. The number of nitrogen functional groups attached to an aromatic ring is 1. The van der Waals surface area contributed by atoms with Crippen molar-refractivity contribution in [2.75, 3.05) is 49.3 Å². The lowest BCUT2D eigenvalue weighted by Gasteiger charge is -2.28. The van der Waals surface area contributed by atoms with Gasteiger partial charge in [-0.05, 0) is 18.8 Å². The van der Waals surface area contributed by atoms with E-state index in [2.05, 4.69) is 20.1 Å². The van der Waals surface area contributed by atoms with Crippen molar-refractivity contribution in [3.63, 3.8) is 0 Å². The molecule has 12 nitrogen and oxygen atoms in total. The molecule has 0 radical (unpaired) electrons. The third-order valence-electron chi connectivity index (χ3n) is 5.80. The Hall–Kier alpha value is -2.64. The number of nitrogens with two attached hydrogens (primary N) is 1. The Labute approximate surface area is 200 Å². The number of ether oxygens (including phenoxy) is 2. The second-order valence-corrected chi connectivity index (χ2v) is 9.81. The van der Waals surface area contributed by atoms with Crippen LogP contribution in [-0.4, -0.2) is 74.9 Å². The number of carbonyl (C=O) groups excluding carboxylic acids is 1. The molecule has 2 aliphatic rings. The number of aromatic nitrogens is 5. The molecule has 2 aromatic heterocycles. The van der Waals surface area contributed by atoms with Crippen LogP contribution in [0.15, 0.2) is 14.7 Å². The summed E-state index contributed by atoms with van der Waals surface area (Å²) in [6.45, 7) is 8.08. The summed E-state index contributed by atoms with van der Waals surface area (Å²) in [6.07, 6.45) is 2.02. The molecule has 0 amide bonds. The quantitative estimate of drug-likeness (QED) is 0.370. The molecule has 1 atom stereocenters. The molecular formula is C21H31N7O5S. The van der Waals surface area contributed by atoms with Crippen LogP contribution in [0.3, 0.4) is 0 Å². The van der Waals surface area contributed by atoms with Gasteiger partial charge in [0.25, 0.3) is 5.56 Å². The van der Waals surface area contributed by atoms with E-state index < -0.39 is 17.0 Å². The molecule has 186 valence electrons. The first-order chi connectivity index (χ1) is 16.3. The maximum Gasteiger partial charge on any atom is 0.329 e. The van der Waals surface area contributed by atoms with Gasteiger partial charge in [-0.1, -0.05) is 25.6 Å². The van der Waals surface area contributed by atoms with Gasteiger partial charge in [-0.25, -0.2) is 4.79 Å². The maximum atomic E-state index is 13.0. The van der Waals surface area contributed by atoms with Crippen LogP contribution in [-0.2, 0) is 22.6 Å². The number of H-pyrrole nitrogens is 1. The lowest BCUT2D eigenvalue weighted by atomic mass is 10.2. The highest BCUT2D eigenvalue weighted by Gasteiger charge is 2.26. The smallest absolute Gasteiger partial charge is 0.329 e. The molecule has 4 heterocycles. The van der Waals surface area contributed by atoms with Crippen LogP contribution in [0.2, 0.25) is 0 Å². The van der Waals surface area contributed by atoms with Crippen LogP contribution in [0.4, 0.5) is 11.8 Å². The molecule has 2 aliphatic heterocycles. The minimum absolute atomic E-state index is 0.0592. The normalized spacial score (nSPS) is 18.7. The van der Waals surface area contributed by atoms with Gasteiger partial charge in [0.1, 0.15) is 11.4 Å². The van der Waals surface area contributed by atoms with Gasteiger partial charge in [0, 0.05) is 26.2 Å². The van der Waals surface area contributed by atoms with E-state index in [-0.39, 0.29) is 29.2 Å². The molecule has 3 N–H and O–H groups in total. The van der Waals surface area contributed by atoms with E-state index >= 15 is 0 Å². The Morgan fingerprint density at radius 1 is 1.21 bits per heavy atom. The highest BCUT2D eigenvalue weighted by atomic mass is 32.2. The summed E-state index contributed by atoms with van der Waals surface area (Å²) >= 11 is 1.19. The number of hydrogen-bond acceptors (Lipinski definition) is 10. The number of ketones is 1. The number of nitrogens with zero attached hydrogens (tertiary/aromatic N) is 5. The number of rotatable bonds is 9. The van der Waals surface area contributed by atoms with Crippen LogP contribution in [0.1, 0.15) is 37.0 Å². The molecule has 0 spiro atoms. The average molecular weight is 494 g/mol. The number of Topliss-reactive ketones (excluding diaryl/α,β-unsaturated/α-hetero) is 1. The molecule has 0 aromatic carbocycles. The van der Waals surface area contributed by atoms with Crippen molar-refractivity contribution >= 4 is 29.3 Å². The van der Waals surface area contributed by atoms with E-state index in [4.69, 9.17) is 15.2 Å². The molecule has 2 aromatic rings. The third kappa shape index (κ3) is 5.36. The first kappa shape index (κ1) is 24.5. The van der Waals surface area contributed by atoms with E-state index in [1.807, 2.05) is 18.4 Å². The van der Waals surface area contributed by atoms with Crippen LogP contribution < -0.4 is 21.9 Å². The van der Waals surface area contributed by atoms with Gasteiger partial charge >= 0.3 is 5.69 Å². The summed E-state index contributed by atoms with van der Waals surface area (Å²) in [5.41, 5.74) is 4.49. The summed E-state index contributed by atoms with van der Waals surface area (Å²) in [5.74, 6) is 0.179. The van der Waals surface area contributed by atoms with E-state index in [1.54, 1.807) is 0 Å². The van der Waals surface area contributed by atoms with Crippen molar-refractivity contribution in [2.45, 2.75) is 51.0 Å². The Morgan fingerprint density at radius 2 is 1.97 bits per heavy atom. The molecular weight excluding hydrogens is 462 g/mol. The number of nitrogens with one attached hydrogen (secondary N) is 1. The van der Waals surface area contributed by atoms with E-state index in [1.165, 1.54) is 16.3 Å². The molecule has 4 rings (SSSR count). The SMILES string of the molecule is CC(C)Cn1c(N)c(C(=O)CSc2nnc(N3CCOCC3)n2CC2CCCO2)c(=O)[nH]c1=O. The fourth-order valence-electron chi connectivity index (χ4n) is 4.14. The largest absolute Gasteiger partial charge is 0.384 e. The summed E-state index contributed by atoms with van der Waals surface area (Å²) < 4.78 is 14.5. The van der Waals surface area contributed by atoms with Crippen LogP contribution in [0.5, 0.6) is 0 Å². The number of carbonyl (C=O) groups is 1. The van der Waals surface area contributed by atoms with Gasteiger partial charge in [0.15, 0.2) is 10.9 Å². The number of anilines is 2. The third-order valence-corrected chi connectivity index (χ3v) is 6.77. The number of thioether (sulfide) groups is 1. The van der Waals surface area contributed by atoms with Crippen molar-refractivity contribution in [3.8, 4) is 0 Å². The second-order valence-electron chi connectivity index (χ2n) is 8.86. The molecule has 34 heavy (non-hydrogen) atoms. The number of aromatic amines is 1. The molecule has 13 heteroatoms. The molecule has 1 unspecified atom stereocenters. The molecule has 2 fully saturated rings. The van der Waals surface area contributed by atoms with E-state index in [9.17, 15) is 14.4 Å². The lowest BCUT2D eigenvalue weighted by Crippen LogP contribution is -2.38. The molecule has 2 saturated heterocycles. The lowest BCUT2D eigenvalue weighted by molar-refractivity contribution is 0.0942. The predicted octanol–water partition coefficient (Wildman–Crippen LogP) is 0.357. The van der Waals surface area contributed by atoms with Gasteiger partial charge in [-0.2, -0.15) is 0 Å². The van der Waals surface area contributed by atoms with Crippen molar-refractivity contribution in [3.05, 3.63) is 26.4 Å². The Balaban J connectivity index is 1.56. The Bertz CT molecular complexity index is 1130. The van der Waals surface area contributed by atoms with Crippen molar-refractivity contribution in [1.82, 2.24) is 24.3 Å². The van der Waals surface area contributed by atoms with E-state index in [0.717, 1.165) is 25.4 Å². The number of morpholine rings is 1. The molecule has 0 aliphatic carbocycles. The highest BCUT2D eigenvalue weighted by Crippen LogP contribution is 2.26. The van der Waals surface area contributed by atoms with Crippen LogP contribution >= 0.6 is 11.8 Å². The average Bonchev–Trinajstić information content (AvgIpc) is 3.46. The Kier molecular flexibility index (Phi) is 7.73. The fraction of sp³-hybridized carbons (Fsp3) is 0.667. The van der Waals surface area contributed by atoms with Gasteiger partial charge in [-0.3, -0.25) is 23.7 Å². The zero-order valence-corrected chi connectivity index (χ0v) is 20.3. The highest BCUT2D eigenvalue weighted by molar-refractivity contribution is 7.99. The van der Waals surface area contributed by atoms with Crippen molar-refractivity contribution in [2.24, 2.45) is 5.92 Å². The zero-order chi connectivity index (χ0) is 24.2. The summed E-state index contributed by atoms with van der Waals surface area (Å²) in [5, 5.41) is 9.28. The standard InChI is InChI=1S/C21H31N7O5S/c1-13(2)10-27-17(22)16(18(30)23-20(27)31)15(29)12-34-21-25-24-19(26-5-8-32-9-6-26)28(21)11-14-4-3-7-33-14/h13-14H,3-12,22H2,1-2H3,(H,23,30,31). The summed E-state index contributed by atoms with van der Waals surface area (Å²) in [6, 6.07) is 0. The number of hydrogen-bond donors (Lipinski definition) is 2. The topological polar surface area (TPSA) is 150 Å². The van der Waals surface area contributed by atoms with Gasteiger partial charge in [0.05, 0.1) is 31.6 Å². The summed E-state index contributed by atoms with van der Waals surface area (Å²) in [4.78, 5) is 41.9. The minimum Gasteiger partial charge on any atom is -0.384 e. The van der Waals surface area contributed by atoms with Crippen molar-refractivity contribution in [1.29, 1.82) is 0 Å². The fourth-order valence-corrected chi connectivity index (χ4v) is 4.96. The van der Waals surface area contributed by atoms with Gasteiger partial charge in [-0.15, -0.1) is 10.2 Å². The molecule has 0 saturated carbocycles. The monoisotopic (exact) mass is 493 g/mol. The van der Waals surface area contributed by atoms with Gasteiger partial charge < -0.3 is 20.1 Å². The van der Waals surface area contributed by atoms with E-state index in [0.29, 0.717) is 44.5 Å². The zero-order valence-electron chi connectivity index (χ0n) is 19.5. The van der Waals surface area contributed by atoms with Crippen LogP contribution in [0, 0.1) is 5.92 Å². The Morgan fingerprint density at radius 3 is 2.65 bits per heavy atom. The minimum atomic E-state index is -0.775. The first-order valence-corrected chi connectivity index (χ1v) is 12.5. The maximum absolute atomic E-state index is 13.0. The first-order valence-electron chi connectivity index (χ1n) is 11.5. The predicted molar refractivity (Wildman–Crippen MR) is 128 cm³/mol. The second kappa shape index (κ2) is 10.7. The molecule has 0 bridgehead atoms.